The molecule has 6 heteroatoms. The molecule has 0 aliphatic rings. The van der Waals surface area contributed by atoms with Crippen LogP contribution in [-0.2, 0) is 0 Å². The van der Waals surface area contributed by atoms with Gasteiger partial charge in [0.15, 0.2) is 5.82 Å². The van der Waals surface area contributed by atoms with Crippen LogP contribution in [0.5, 0.6) is 0 Å². The molecule has 100 valence electrons. The highest BCUT2D eigenvalue weighted by molar-refractivity contribution is 9.10. The number of tetrazole rings is 1. The summed E-state index contributed by atoms with van der Waals surface area (Å²) < 4.78 is 2.67. The van der Waals surface area contributed by atoms with Gasteiger partial charge in [-0.05, 0) is 53.2 Å². The molecule has 0 aliphatic heterocycles. The van der Waals surface area contributed by atoms with Crippen LogP contribution in [0.15, 0.2) is 46.9 Å². The summed E-state index contributed by atoms with van der Waals surface area (Å²) in [5, 5.41) is 12.0. The van der Waals surface area contributed by atoms with Crippen molar-refractivity contribution in [1.82, 2.24) is 20.2 Å². The Balaban J connectivity index is 2.18. The summed E-state index contributed by atoms with van der Waals surface area (Å²) in [6, 6.07) is 13.5. The molecule has 20 heavy (non-hydrogen) atoms. The van der Waals surface area contributed by atoms with Crippen molar-refractivity contribution in [2.24, 2.45) is 0 Å². The topological polar surface area (TPSA) is 69.6 Å². The molecule has 0 radical (unpaired) electrons. The lowest BCUT2D eigenvalue weighted by molar-refractivity contribution is 0.791. The Kier molecular flexibility index (Phi) is 3.23. The zero-order valence-corrected chi connectivity index (χ0v) is 12.4. The summed E-state index contributed by atoms with van der Waals surface area (Å²) in [6.45, 7) is 2.01. The van der Waals surface area contributed by atoms with Gasteiger partial charge >= 0.3 is 0 Å². The molecule has 0 bridgehead atoms. The molecule has 3 rings (SSSR count). The number of rotatable bonds is 2. The first kappa shape index (κ1) is 12.8. The summed E-state index contributed by atoms with van der Waals surface area (Å²) >= 11 is 3.45. The average Bonchev–Trinajstić information content (AvgIpc) is 2.90. The molecule has 0 saturated carbocycles. The first-order valence-corrected chi connectivity index (χ1v) is 6.85. The van der Waals surface area contributed by atoms with E-state index in [2.05, 4.69) is 31.5 Å². The third-order valence-corrected chi connectivity index (χ3v) is 3.52. The van der Waals surface area contributed by atoms with E-state index in [0.717, 1.165) is 21.3 Å². The summed E-state index contributed by atoms with van der Waals surface area (Å²) in [5.41, 5.74) is 9.44. The predicted molar refractivity (Wildman–Crippen MR) is 81.4 cm³/mol. The fourth-order valence-corrected chi connectivity index (χ4v) is 2.40. The minimum atomic E-state index is 0.674. The number of nitrogens with zero attached hydrogens (tertiary/aromatic N) is 4. The van der Waals surface area contributed by atoms with E-state index in [-0.39, 0.29) is 0 Å². The minimum Gasteiger partial charge on any atom is -0.399 e. The molecular formula is C14H12BrN5. The van der Waals surface area contributed by atoms with Crippen molar-refractivity contribution in [2.45, 2.75) is 6.92 Å². The highest BCUT2D eigenvalue weighted by atomic mass is 79.9. The van der Waals surface area contributed by atoms with Crippen molar-refractivity contribution < 1.29 is 0 Å². The van der Waals surface area contributed by atoms with E-state index in [1.165, 1.54) is 0 Å². The summed E-state index contributed by atoms with van der Waals surface area (Å²) in [4.78, 5) is 0. The highest BCUT2D eigenvalue weighted by Gasteiger charge is 2.13. The first-order valence-electron chi connectivity index (χ1n) is 6.06. The quantitative estimate of drug-likeness (QED) is 0.734. The number of halogens is 1. The lowest BCUT2D eigenvalue weighted by Gasteiger charge is -2.08. The van der Waals surface area contributed by atoms with E-state index in [1.54, 1.807) is 4.68 Å². The Labute approximate surface area is 124 Å². The molecule has 2 aromatic carbocycles. The SMILES string of the molecule is Cc1ccc(N)cc1-c1nnnn1-c1cccc(Br)c1. The second-order valence-electron chi connectivity index (χ2n) is 4.47. The molecule has 0 amide bonds. The molecule has 0 saturated heterocycles. The van der Waals surface area contributed by atoms with Gasteiger partial charge in [-0.25, -0.2) is 0 Å². The van der Waals surface area contributed by atoms with Crippen molar-refractivity contribution in [3.8, 4) is 17.1 Å². The molecule has 1 aromatic heterocycles. The molecule has 0 spiro atoms. The van der Waals surface area contributed by atoms with Gasteiger partial charge in [0, 0.05) is 15.7 Å². The zero-order valence-electron chi connectivity index (χ0n) is 10.8. The maximum absolute atomic E-state index is 5.86. The van der Waals surface area contributed by atoms with E-state index in [1.807, 2.05) is 49.4 Å². The molecule has 0 aliphatic carbocycles. The molecule has 1 heterocycles. The third kappa shape index (κ3) is 2.30. The Bertz CT molecular complexity index is 766. The van der Waals surface area contributed by atoms with E-state index >= 15 is 0 Å². The molecule has 3 aromatic rings. The van der Waals surface area contributed by atoms with Gasteiger partial charge < -0.3 is 5.73 Å². The molecule has 0 fully saturated rings. The molecule has 2 N–H and O–H groups in total. The van der Waals surface area contributed by atoms with Crippen LogP contribution in [0.4, 0.5) is 5.69 Å². The molecule has 0 atom stereocenters. The van der Waals surface area contributed by atoms with E-state index in [0.29, 0.717) is 11.5 Å². The van der Waals surface area contributed by atoms with Crippen molar-refractivity contribution in [3.05, 3.63) is 52.5 Å². The van der Waals surface area contributed by atoms with Crippen LogP contribution in [0.3, 0.4) is 0 Å². The minimum absolute atomic E-state index is 0.674. The first-order chi connectivity index (χ1) is 9.65. The van der Waals surface area contributed by atoms with Gasteiger partial charge in [-0.3, -0.25) is 0 Å². The van der Waals surface area contributed by atoms with Gasteiger partial charge in [-0.2, -0.15) is 4.68 Å². The van der Waals surface area contributed by atoms with Gasteiger partial charge in [-0.1, -0.05) is 28.1 Å². The monoisotopic (exact) mass is 329 g/mol. The second kappa shape index (κ2) is 5.05. The van der Waals surface area contributed by atoms with Gasteiger partial charge in [0.25, 0.3) is 0 Å². The number of nitrogens with two attached hydrogens (primary N) is 1. The van der Waals surface area contributed by atoms with Crippen molar-refractivity contribution in [2.75, 3.05) is 5.73 Å². The number of nitrogen functional groups attached to an aromatic ring is 1. The Hall–Kier alpha value is -2.21. The van der Waals surface area contributed by atoms with Gasteiger partial charge in [0.1, 0.15) is 0 Å². The van der Waals surface area contributed by atoms with Crippen LogP contribution in [-0.4, -0.2) is 20.2 Å². The summed E-state index contributed by atoms with van der Waals surface area (Å²) in [6.07, 6.45) is 0. The lowest BCUT2D eigenvalue weighted by atomic mass is 10.1. The molecular weight excluding hydrogens is 318 g/mol. The number of aromatic nitrogens is 4. The Morgan fingerprint density at radius 2 is 2.00 bits per heavy atom. The fourth-order valence-electron chi connectivity index (χ4n) is 2.02. The van der Waals surface area contributed by atoms with Crippen molar-refractivity contribution in [1.29, 1.82) is 0 Å². The molecule has 0 unspecified atom stereocenters. The second-order valence-corrected chi connectivity index (χ2v) is 5.38. The normalized spacial score (nSPS) is 10.7. The van der Waals surface area contributed by atoms with E-state index < -0.39 is 0 Å². The molecule has 5 nitrogen and oxygen atoms in total. The zero-order chi connectivity index (χ0) is 14.1. The average molecular weight is 330 g/mol. The van der Waals surface area contributed by atoms with Crippen LogP contribution in [0, 0.1) is 6.92 Å². The lowest BCUT2D eigenvalue weighted by Crippen LogP contribution is -2.01. The van der Waals surface area contributed by atoms with E-state index in [9.17, 15) is 0 Å². The van der Waals surface area contributed by atoms with Crippen LogP contribution in [0.1, 0.15) is 5.56 Å². The smallest absolute Gasteiger partial charge is 0.187 e. The van der Waals surface area contributed by atoms with Crippen molar-refractivity contribution >= 4 is 21.6 Å². The van der Waals surface area contributed by atoms with Gasteiger partial charge in [-0.15, -0.1) is 5.10 Å². The van der Waals surface area contributed by atoms with Gasteiger partial charge in [0.2, 0.25) is 0 Å². The maximum atomic E-state index is 5.86. The maximum Gasteiger partial charge on any atom is 0.187 e. The largest absolute Gasteiger partial charge is 0.399 e. The standard InChI is InChI=1S/C14H12BrN5/c1-9-5-6-11(16)8-13(9)14-17-18-19-20(14)12-4-2-3-10(15)7-12/h2-8H,16H2,1H3. The Morgan fingerprint density at radius 1 is 1.15 bits per heavy atom. The van der Waals surface area contributed by atoms with Crippen molar-refractivity contribution in [3.63, 3.8) is 0 Å². The van der Waals surface area contributed by atoms with Crippen LogP contribution in [0.2, 0.25) is 0 Å². The van der Waals surface area contributed by atoms with Gasteiger partial charge in [0.05, 0.1) is 5.69 Å². The number of hydrogen-bond donors (Lipinski definition) is 1. The number of anilines is 1. The number of aryl methyl sites for hydroxylation is 1. The van der Waals surface area contributed by atoms with Crippen LogP contribution < -0.4 is 5.73 Å². The summed E-state index contributed by atoms with van der Waals surface area (Å²) in [7, 11) is 0. The number of benzene rings is 2. The van der Waals surface area contributed by atoms with Crippen LogP contribution in [0.25, 0.3) is 17.1 Å². The van der Waals surface area contributed by atoms with E-state index in [4.69, 9.17) is 5.73 Å². The number of hydrogen-bond acceptors (Lipinski definition) is 4. The Morgan fingerprint density at radius 3 is 2.80 bits per heavy atom. The fraction of sp³-hybridized carbons (Fsp3) is 0.0714. The van der Waals surface area contributed by atoms with Crippen LogP contribution >= 0.6 is 15.9 Å². The summed E-state index contributed by atoms with van der Waals surface area (Å²) in [5.74, 6) is 0.674. The predicted octanol–water partition coefficient (Wildman–Crippen LogP) is 2.98. The highest BCUT2D eigenvalue weighted by Crippen LogP contribution is 2.25. The third-order valence-electron chi connectivity index (χ3n) is 3.02.